The first-order chi connectivity index (χ1) is 6.56. The minimum absolute atomic E-state index is 0.0156. The van der Waals surface area contributed by atoms with E-state index >= 15 is 0 Å². The summed E-state index contributed by atoms with van der Waals surface area (Å²) in [5.74, 6) is -1.15. The highest BCUT2D eigenvalue weighted by Crippen LogP contribution is 2.28. The van der Waals surface area contributed by atoms with Crippen molar-refractivity contribution in [2.75, 3.05) is 12.8 Å². The number of halogens is 1. The number of carbonyl (C=O) groups is 1. The zero-order valence-electron chi connectivity index (χ0n) is 7.28. The third kappa shape index (κ3) is 2.07. The maximum Gasteiger partial charge on any atom is 0.339 e. The lowest BCUT2D eigenvalue weighted by Gasteiger charge is -2.07. The van der Waals surface area contributed by atoms with Gasteiger partial charge in [-0.05, 0) is 6.07 Å². The molecule has 0 heterocycles. The van der Waals surface area contributed by atoms with Gasteiger partial charge in [0.05, 0.1) is 17.8 Å². The Morgan fingerprint density at radius 1 is 1.57 bits per heavy atom. The van der Waals surface area contributed by atoms with Crippen LogP contribution in [0.3, 0.4) is 0 Å². The van der Waals surface area contributed by atoms with Gasteiger partial charge in [0.1, 0.15) is 5.56 Å². The summed E-state index contributed by atoms with van der Waals surface area (Å²) in [6, 6.07) is 2.49. The minimum atomic E-state index is -1.17. The van der Waals surface area contributed by atoms with E-state index < -0.39 is 5.97 Å². The fraction of sp³-hybridized carbons (Fsp3) is 0.125. The van der Waals surface area contributed by atoms with Crippen LogP contribution in [0, 0.1) is 0 Å². The summed E-state index contributed by atoms with van der Waals surface area (Å²) in [5.41, 5.74) is 5.58. The highest BCUT2D eigenvalue weighted by atomic mass is 35.5. The van der Waals surface area contributed by atoms with Crippen molar-refractivity contribution in [3.8, 4) is 5.75 Å². The third-order valence-corrected chi connectivity index (χ3v) is 1.83. The van der Waals surface area contributed by atoms with Crippen LogP contribution in [0.5, 0.6) is 5.75 Å². The number of anilines is 1. The lowest BCUT2D eigenvalue weighted by Crippen LogP contribution is -2.03. The van der Waals surface area contributed by atoms with Crippen LogP contribution in [0.15, 0.2) is 12.1 Å². The summed E-state index contributed by atoms with van der Waals surface area (Å²) in [4.78, 5) is 19.7. The van der Waals surface area contributed by atoms with Gasteiger partial charge in [0.2, 0.25) is 0 Å². The molecule has 0 aliphatic heterocycles. The van der Waals surface area contributed by atoms with Crippen LogP contribution in [0.4, 0.5) is 5.69 Å². The normalized spacial score (nSPS) is 9.86. The maximum atomic E-state index is 10.7. The zero-order valence-corrected chi connectivity index (χ0v) is 8.04. The van der Waals surface area contributed by atoms with Crippen LogP contribution >= 0.6 is 11.6 Å². The molecule has 0 bridgehead atoms. The lowest BCUT2D eigenvalue weighted by atomic mass is 10.2. The van der Waals surface area contributed by atoms with E-state index in [2.05, 4.69) is 9.78 Å². The van der Waals surface area contributed by atoms with E-state index in [1.54, 1.807) is 0 Å². The highest BCUT2D eigenvalue weighted by Gasteiger charge is 2.14. The van der Waals surface area contributed by atoms with E-state index in [9.17, 15) is 4.79 Å². The first-order valence-corrected chi connectivity index (χ1v) is 3.97. The van der Waals surface area contributed by atoms with E-state index in [1.165, 1.54) is 19.2 Å². The monoisotopic (exact) mass is 217 g/mol. The number of nitrogen functional groups attached to an aromatic ring is 1. The lowest BCUT2D eigenvalue weighted by molar-refractivity contribution is -0.178. The number of carboxylic acids is 1. The quantitative estimate of drug-likeness (QED) is 0.456. The molecule has 14 heavy (non-hydrogen) atoms. The Bertz CT molecular complexity index is 367. The standard InChI is InChI=1S/C8H8ClNO4/c1-13-14-7-3-6(10)5(9)2-4(7)8(11)12/h2-3H,10H2,1H3,(H,11,12). The average molecular weight is 218 g/mol. The van der Waals surface area contributed by atoms with Crippen LogP contribution < -0.4 is 10.6 Å². The molecule has 6 heteroatoms. The molecule has 1 rings (SSSR count). The Morgan fingerprint density at radius 3 is 2.71 bits per heavy atom. The minimum Gasteiger partial charge on any atom is -0.478 e. The molecule has 0 aliphatic rings. The molecule has 0 amide bonds. The molecule has 0 fully saturated rings. The summed E-state index contributed by atoms with van der Waals surface area (Å²) in [6.45, 7) is 0. The average Bonchev–Trinajstić information content (AvgIpc) is 2.11. The van der Waals surface area contributed by atoms with Crippen LogP contribution in [-0.4, -0.2) is 18.2 Å². The Morgan fingerprint density at radius 2 is 2.21 bits per heavy atom. The van der Waals surface area contributed by atoms with Gasteiger partial charge < -0.3 is 15.7 Å². The molecule has 5 nitrogen and oxygen atoms in total. The number of hydrogen-bond acceptors (Lipinski definition) is 4. The van der Waals surface area contributed by atoms with Gasteiger partial charge in [0.25, 0.3) is 0 Å². The third-order valence-electron chi connectivity index (χ3n) is 1.50. The summed E-state index contributed by atoms with van der Waals surface area (Å²) < 4.78 is 0. The zero-order chi connectivity index (χ0) is 10.7. The van der Waals surface area contributed by atoms with E-state index in [0.717, 1.165) is 0 Å². The Hall–Kier alpha value is -1.46. The first-order valence-electron chi connectivity index (χ1n) is 3.59. The molecule has 0 radical (unpaired) electrons. The highest BCUT2D eigenvalue weighted by molar-refractivity contribution is 6.33. The van der Waals surface area contributed by atoms with E-state index in [0.29, 0.717) is 0 Å². The number of carboxylic acid groups (broad SMARTS) is 1. The summed E-state index contributed by atoms with van der Waals surface area (Å²) in [7, 11) is 1.26. The molecule has 3 N–H and O–H groups in total. The Labute approximate surface area is 84.9 Å². The molecular weight excluding hydrogens is 210 g/mol. The second-order valence-corrected chi connectivity index (χ2v) is 2.83. The largest absolute Gasteiger partial charge is 0.478 e. The van der Waals surface area contributed by atoms with Crippen LogP contribution in [0.25, 0.3) is 0 Å². The van der Waals surface area contributed by atoms with Gasteiger partial charge >= 0.3 is 5.97 Å². The van der Waals surface area contributed by atoms with Crippen molar-refractivity contribution in [3.05, 3.63) is 22.7 Å². The number of aromatic carboxylic acids is 1. The van der Waals surface area contributed by atoms with Crippen LogP contribution in [-0.2, 0) is 4.89 Å². The number of rotatable bonds is 3. The molecule has 0 atom stereocenters. The van der Waals surface area contributed by atoms with Crippen molar-refractivity contribution < 1.29 is 19.7 Å². The molecule has 0 aromatic heterocycles. The van der Waals surface area contributed by atoms with Gasteiger partial charge in [-0.25, -0.2) is 4.79 Å². The van der Waals surface area contributed by atoms with Crippen LogP contribution in [0.1, 0.15) is 10.4 Å². The Balaban J connectivity index is 3.24. The van der Waals surface area contributed by atoms with Gasteiger partial charge in [-0.3, -0.25) is 0 Å². The number of benzene rings is 1. The first kappa shape index (κ1) is 10.6. The molecule has 0 saturated heterocycles. The van der Waals surface area contributed by atoms with Gasteiger partial charge in [0.15, 0.2) is 5.75 Å². The smallest absolute Gasteiger partial charge is 0.339 e. The summed E-state index contributed by atoms with van der Waals surface area (Å²) in [6.07, 6.45) is 0. The fourth-order valence-corrected chi connectivity index (χ4v) is 1.06. The summed E-state index contributed by atoms with van der Waals surface area (Å²) in [5, 5.41) is 8.93. The molecule has 0 saturated carbocycles. The fourth-order valence-electron chi connectivity index (χ4n) is 0.895. The number of hydrogen-bond donors (Lipinski definition) is 2. The van der Waals surface area contributed by atoms with Gasteiger partial charge in [-0.1, -0.05) is 11.6 Å². The molecule has 0 spiro atoms. The van der Waals surface area contributed by atoms with Crippen molar-refractivity contribution in [2.24, 2.45) is 0 Å². The molecule has 76 valence electrons. The predicted octanol–water partition coefficient (Wildman–Crippen LogP) is 1.56. The molecule has 1 aromatic carbocycles. The number of nitrogens with two attached hydrogens (primary N) is 1. The van der Waals surface area contributed by atoms with E-state index in [4.69, 9.17) is 22.4 Å². The van der Waals surface area contributed by atoms with E-state index in [1.807, 2.05) is 0 Å². The summed E-state index contributed by atoms with van der Waals surface area (Å²) >= 11 is 5.65. The maximum absolute atomic E-state index is 10.7. The second-order valence-electron chi connectivity index (χ2n) is 2.43. The van der Waals surface area contributed by atoms with Crippen molar-refractivity contribution in [2.45, 2.75) is 0 Å². The molecular formula is C8H8ClNO4. The van der Waals surface area contributed by atoms with Crippen molar-refractivity contribution in [1.82, 2.24) is 0 Å². The van der Waals surface area contributed by atoms with Crippen molar-refractivity contribution in [3.63, 3.8) is 0 Å². The van der Waals surface area contributed by atoms with Crippen molar-refractivity contribution >= 4 is 23.3 Å². The topological polar surface area (TPSA) is 81.8 Å². The van der Waals surface area contributed by atoms with E-state index in [-0.39, 0.29) is 22.0 Å². The second kappa shape index (κ2) is 4.17. The Kier molecular flexibility index (Phi) is 3.16. The van der Waals surface area contributed by atoms with Gasteiger partial charge in [-0.2, -0.15) is 4.89 Å². The SMILES string of the molecule is COOc1cc(N)c(Cl)cc1C(=O)O. The van der Waals surface area contributed by atoms with Crippen LogP contribution in [0.2, 0.25) is 5.02 Å². The van der Waals surface area contributed by atoms with Gasteiger partial charge in [0, 0.05) is 6.07 Å². The van der Waals surface area contributed by atoms with Gasteiger partial charge in [-0.15, -0.1) is 0 Å². The predicted molar refractivity (Wildman–Crippen MR) is 50.5 cm³/mol. The molecule has 0 aliphatic carbocycles. The molecule has 1 aromatic rings. The molecule has 0 unspecified atom stereocenters. The van der Waals surface area contributed by atoms with Crippen molar-refractivity contribution in [1.29, 1.82) is 0 Å².